The molecule has 1 heterocycles. The predicted molar refractivity (Wildman–Crippen MR) is 89.2 cm³/mol. The summed E-state index contributed by atoms with van der Waals surface area (Å²) in [5, 5.41) is 3.37. The van der Waals surface area contributed by atoms with Gasteiger partial charge < -0.3 is 10.1 Å². The topological polar surface area (TPSA) is 24.5 Å². The number of hydrogen-bond donors (Lipinski definition) is 1. The molecule has 1 N–H and O–H groups in total. The van der Waals surface area contributed by atoms with Crippen molar-refractivity contribution in [3.8, 4) is 5.75 Å². The molecule has 0 atom stereocenters. The lowest BCUT2D eigenvalue weighted by Gasteiger charge is -2.28. The maximum atomic E-state index is 5.88. The maximum absolute atomic E-state index is 5.88. The van der Waals surface area contributed by atoms with Crippen LogP contribution in [0, 0.1) is 0 Å². The van der Waals surface area contributed by atoms with Crippen LogP contribution in [-0.2, 0) is 5.41 Å². The quantitative estimate of drug-likeness (QED) is 0.835. The molecule has 0 unspecified atom stereocenters. The summed E-state index contributed by atoms with van der Waals surface area (Å²) in [6, 6.07) is 8.70. The van der Waals surface area contributed by atoms with Gasteiger partial charge in [-0.05, 0) is 36.0 Å². The smallest absolute Gasteiger partial charge is 0.119 e. The van der Waals surface area contributed by atoms with Crippen LogP contribution in [0.25, 0.3) is 0 Å². The summed E-state index contributed by atoms with van der Waals surface area (Å²) in [5.74, 6) is 0.989. The van der Waals surface area contributed by atoms with Crippen LogP contribution < -0.4 is 10.1 Å². The lowest BCUT2D eigenvalue weighted by molar-refractivity contribution is 0.191. The third kappa shape index (κ3) is 4.45. The molecule has 3 nitrogen and oxygen atoms in total. The molecule has 3 heteroatoms. The second-order valence-electron chi connectivity index (χ2n) is 6.23. The molecule has 0 aliphatic carbocycles. The Morgan fingerprint density at radius 3 is 2.29 bits per heavy atom. The number of benzene rings is 1. The standard InChI is InChI=1S/C18H30N2O/c1-4-18(3,5-2)16-6-8-17(9-7-16)21-15-14-20-12-10-19-11-13-20/h6-9,19H,4-5,10-15H2,1-3H3. The Morgan fingerprint density at radius 1 is 1.10 bits per heavy atom. The lowest BCUT2D eigenvalue weighted by atomic mass is 9.78. The van der Waals surface area contributed by atoms with Crippen LogP contribution >= 0.6 is 0 Å². The minimum Gasteiger partial charge on any atom is -0.492 e. The highest BCUT2D eigenvalue weighted by Gasteiger charge is 2.21. The molecule has 1 saturated heterocycles. The molecule has 0 saturated carbocycles. The fraction of sp³-hybridized carbons (Fsp3) is 0.667. The van der Waals surface area contributed by atoms with Crippen molar-refractivity contribution in [2.75, 3.05) is 39.3 Å². The van der Waals surface area contributed by atoms with Gasteiger partial charge in [0.1, 0.15) is 12.4 Å². The van der Waals surface area contributed by atoms with Gasteiger partial charge in [-0.1, -0.05) is 32.9 Å². The Labute approximate surface area is 129 Å². The predicted octanol–water partition coefficient (Wildman–Crippen LogP) is 3.05. The molecule has 118 valence electrons. The summed E-state index contributed by atoms with van der Waals surface area (Å²) in [5.41, 5.74) is 1.71. The number of nitrogens with zero attached hydrogens (tertiary/aromatic N) is 1. The molecule has 1 aliphatic heterocycles. The average molecular weight is 290 g/mol. The highest BCUT2D eigenvalue weighted by Crippen LogP contribution is 2.31. The molecule has 1 aliphatic rings. The van der Waals surface area contributed by atoms with E-state index in [1.165, 1.54) is 18.4 Å². The van der Waals surface area contributed by atoms with Crippen LogP contribution in [0.2, 0.25) is 0 Å². The molecule has 0 aromatic heterocycles. The summed E-state index contributed by atoms with van der Waals surface area (Å²) >= 11 is 0. The first kappa shape index (κ1) is 16.3. The Hall–Kier alpha value is -1.06. The zero-order valence-electron chi connectivity index (χ0n) is 13.8. The van der Waals surface area contributed by atoms with E-state index in [4.69, 9.17) is 4.74 Å². The molecule has 0 bridgehead atoms. The first-order chi connectivity index (χ1) is 10.2. The summed E-state index contributed by atoms with van der Waals surface area (Å²) in [4.78, 5) is 2.45. The fourth-order valence-corrected chi connectivity index (χ4v) is 2.84. The Bertz CT molecular complexity index is 406. The number of rotatable bonds is 7. The van der Waals surface area contributed by atoms with Crippen LogP contribution in [-0.4, -0.2) is 44.2 Å². The summed E-state index contributed by atoms with van der Waals surface area (Å²) < 4.78 is 5.88. The van der Waals surface area contributed by atoms with E-state index in [0.717, 1.165) is 45.1 Å². The van der Waals surface area contributed by atoms with E-state index in [9.17, 15) is 0 Å². The molecule has 2 rings (SSSR count). The molecule has 0 radical (unpaired) electrons. The van der Waals surface area contributed by atoms with Crippen molar-refractivity contribution < 1.29 is 4.74 Å². The minimum atomic E-state index is 0.291. The SMILES string of the molecule is CCC(C)(CC)c1ccc(OCCN2CCNCC2)cc1. The van der Waals surface area contributed by atoms with Crippen molar-refractivity contribution in [2.45, 2.75) is 39.0 Å². The van der Waals surface area contributed by atoms with Gasteiger partial charge in [0.15, 0.2) is 0 Å². The molecule has 0 amide bonds. The monoisotopic (exact) mass is 290 g/mol. The van der Waals surface area contributed by atoms with Crippen LogP contribution in [0.15, 0.2) is 24.3 Å². The molecular formula is C18H30N2O. The average Bonchev–Trinajstić information content (AvgIpc) is 2.56. The largest absolute Gasteiger partial charge is 0.492 e. The number of nitrogens with one attached hydrogen (secondary N) is 1. The third-order valence-corrected chi connectivity index (χ3v) is 5.00. The lowest BCUT2D eigenvalue weighted by Crippen LogP contribution is -2.44. The van der Waals surface area contributed by atoms with E-state index in [1.54, 1.807) is 0 Å². The second-order valence-corrected chi connectivity index (χ2v) is 6.23. The molecular weight excluding hydrogens is 260 g/mol. The van der Waals surface area contributed by atoms with E-state index in [2.05, 4.69) is 55.3 Å². The van der Waals surface area contributed by atoms with E-state index in [0.29, 0.717) is 5.41 Å². The van der Waals surface area contributed by atoms with E-state index in [1.807, 2.05) is 0 Å². The van der Waals surface area contributed by atoms with Crippen molar-refractivity contribution in [3.05, 3.63) is 29.8 Å². The van der Waals surface area contributed by atoms with Gasteiger partial charge in [-0.15, -0.1) is 0 Å². The van der Waals surface area contributed by atoms with Gasteiger partial charge in [0.2, 0.25) is 0 Å². The Kier molecular flexibility index (Phi) is 6.07. The van der Waals surface area contributed by atoms with Gasteiger partial charge >= 0.3 is 0 Å². The van der Waals surface area contributed by atoms with Crippen molar-refractivity contribution in [3.63, 3.8) is 0 Å². The van der Waals surface area contributed by atoms with Gasteiger partial charge in [0.05, 0.1) is 0 Å². The van der Waals surface area contributed by atoms with Crippen molar-refractivity contribution in [1.82, 2.24) is 10.2 Å². The highest BCUT2D eigenvalue weighted by molar-refractivity contribution is 5.31. The summed E-state index contributed by atoms with van der Waals surface area (Å²) in [6.07, 6.45) is 2.35. The fourth-order valence-electron chi connectivity index (χ4n) is 2.84. The van der Waals surface area contributed by atoms with Gasteiger partial charge in [-0.25, -0.2) is 0 Å². The molecule has 0 spiro atoms. The van der Waals surface area contributed by atoms with Crippen molar-refractivity contribution in [1.29, 1.82) is 0 Å². The summed E-state index contributed by atoms with van der Waals surface area (Å²) in [6.45, 7) is 13.1. The summed E-state index contributed by atoms with van der Waals surface area (Å²) in [7, 11) is 0. The van der Waals surface area contributed by atoms with E-state index < -0.39 is 0 Å². The van der Waals surface area contributed by atoms with E-state index in [-0.39, 0.29) is 0 Å². The first-order valence-corrected chi connectivity index (χ1v) is 8.34. The first-order valence-electron chi connectivity index (χ1n) is 8.34. The van der Waals surface area contributed by atoms with Crippen LogP contribution in [0.5, 0.6) is 5.75 Å². The van der Waals surface area contributed by atoms with Crippen molar-refractivity contribution >= 4 is 0 Å². The van der Waals surface area contributed by atoms with Gasteiger partial charge in [0, 0.05) is 32.7 Å². The normalized spacial score (nSPS) is 16.9. The zero-order valence-corrected chi connectivity index (χ0v) is 13.8. The van der Waals surface area contributed by atoms with Gasteiger partial charge in [-0.3, -0.25) is 4.90 Å². The van der Waals surface area contributed by atoms with Crippen LogP contribution in [0.3, 0.4) is 0 Å². The third-order valence-electron chi connectivity index (χ3n) is 5.00. The molecule has 1 fully saturated rings. The Balaban J connectivity index is 1.82. The number of piperazine rings is 1. The minimum absolute atomic E-state index is 0.291. The molecule has 1 aromatic carbocycles. The van der Waals surface area contributed by atoms with E-state index >= 15 is 0 Å². The highest BCUT2D eigenvalue weighted by atomic mass is 16.5. The maximum Gasteiger partial charge on any atom is 0.119 e. The number of ether oxygens (including phenoxy) is 1. The van der Waals surface area contributed by atoms with Gasteiger partial charge in [0.25, 0.3) is 0 Å². The molecule has 21 heavy (non-hydrogen) atoms. The van der Waals surface area contributed by atoms with Crippen molar-refractivity contribution in [2.24, 2.45) is 0 Å². The second kappa shape index (κ2) is 7.81. The van der Waals surface area contributed by atoms with Crippen LogP contribution in [0.1, 0.15) is 39.2 Å². The molecule has 1 aromatic rings. The number of hydrogen-bond acceptors (Lipinski definition) is 3. The van der Waals surface area contributed by atoms with Crippen LogP contribution in [0.4, 0.5) is 0 Å². The Morgan fingerprint density at radius 2 is 1.71 bits per heavy atom. The zero-order chi connectivity index (χ0) is 15.1. The van der Waals surface area contributed by atoms with Gasteiger partial charge in [-0.2, -0.15) is 0 Å².